The number of hydrogen-bond acceptors (Lipinski definition) is 7. The van der Waals surface area contributed by atoms with Gasteiger partial charge in [-0.25, -0.2) is 9.67 Å². The van der Waals surface area contributed by atoms with E-state index in [-0.39, 0.29) is 41.9 Å². The van der Waals surface area contributed by atoms with Gasteiger partial charge in [-0.2, -0.15) is 10.4 Å². The zero-order chi connectivity index (χ0) is 19.4. The molecule has 0 fully saturated rings. The van der Waals surface area contributed by atoms with Crippen LogP contribution < -0.4 is 10.9 Å². The quantitative estimate of drug-likeness (QED) is 0.379. The maximum absolute atomic E-state index is 12.6. The lowest BCUT2D eigenvalue weighted by atomic mass is 10.2. The lowest BCUT2D eigenvalue weighted by Crippen LogP contribution is -2.32. The molecular weight excluding hydrogens is 354 g/mol. The summed E-state index contributed by atoms with van der Waals surface area (Å²) in [5.74, 6) is -0.431. The minimum Gasteiger partial charge on any atom is -0.354 e. The molecule has 0 spiro atoms. The summed E-state index contributed by atoms with van der Waals surface area (Å²) in [4.78, 5) is 39.2. The minimum atomic E-state index is -0.546. The van der Waals surface area contributed by atoms with E-state index in [2.05, 4.69) is 15.4 Å². The van der Waals surface area contributed by atoms with Gasteiger partial charge in [0.25, 0.3) is 11.2 Å². The third kappa shape index (κ3) is 3.49. The number of amides is 1. The van der Waals surface area contributed by atoms with E-state index in [4.69, 9.17) is 5.26 Å². The first-order chi connectivity index (χ1) is 13.0. The van der Waals surface area contributed by atoms with Crippen molar-refractivity contribution in [2.24, 2.45) is 0 Å². The van der Waals surface area contributed by atoms with E-state index < -0.39 is 16.4 Å². The number of nitro benzene ring substituents is 1. The van der Waals surface area contributed by atoms with Gasteiger partial charge >= 0.3 is 0 Å². The highest BCUT2D eigenvalue weighted by molar-refractivity contribution is 5.78. The van der Waals surface area contributed by atoms with E-state index in [1.165, 1.54) is 35.4 Å². The normalized spacial score (nSPS) is 10.5. The van der Waals surface area contributed by atoms with E-state index in [0.29, 0.717) is 0 Å². The molecule has 1 aromatic carbocycles. The molecule has 0 atom stereocenters. The Morgan fingerprint density at radius 2 is 2.15 bits per heavy atom. The van der Waals surface area contributed by atoms with Crippen molar-refractivity contribution in [2.75, 3.05) is 6.54 Å². The van der Waals surface area contributed by atoms with Gasteiger partial charge in [0.05, 0.1) is 23.6 Å². The fraction of sp³-hybridized carbons (Fsp3) is 0.188. The number of fused-ring (bicyclic) bond motifs is 1. The van der Waals surface area contributed by atoms with Crippen LogP contribution in [0.1, 0.15) is 6.42 Å². The van der Waals surface area contributed by atoms with Crippen LogP contribution in [-0.4, -0.2) is 36.7 Å². The van der Waals surface area contributed by atoms with Crippen LogP contribution in [0, 0.1) is 21.4 Å². The van der Waals surface area contributed by atoms with Crippen LogP contribution in [0.2, 0.25) is 0 Å². The number of rotatable bonds is 6. The van der Waals surface area contributed by atoms with E-state index in [1.807, 2.05) is 6.07 Å². The number of nitriles is 1. The number of hydrogen-bond donors (Lipinski definition) is 1. The number of nitro groups is 1. The van der Waals surface area contributed by atoms with Crippen LogP contribution in [0.25, 0.3) is 16.7 Å². The second-order valence-electron chi connectivity index (χ2n) is 5.48. The molecule has 27 heavy (non-hydrogen) atoms. The van der Waals surface area contributed by atoms with Crippen LogP contribution in [0.4, 0.5) is 5.69 Å². The lowest BCUT2D eigenvalue weighted by Gasteiger charge is -2.07. The number of para-hydroxylation sites is 2. The molecule has 2 aromatic heterocycles. The zero-order valence-electron chi connectivity index (χ0n) is 13.9. The molecule has 1 amide bonds. The van der Waals surface area contributed by atoms with Gasteiger partial charge in [-0.1, -0.05) is 12.1 Å². The second kappa shape index (κ2) is 7.44. The van der Waals surface area contributed by atoms with E-state index in [9.17, 15) is 19.7 Å². The SMILES string of the molecule is N#CCCNC(=O)Cn1cnc2c(cnn2-c2ccccc2[N+](=O)[O-])c1=O. The third-order valence-corrected chi connectivity index (χ3v) is 3.73. The Balaban J connectivity index is 1.97. The van der Waals surface area contributed by atoms with Crippen LogP contribution in [0.3, 0.4) is 0 Å². The number of nitrogens with zero attached hydrogens (tertiary/aromatic N) is 6. The van der Waals surface area contributed by atoms with Gasteiger partial charge in [0, 0.05) is 12.6 Å². The Morgan fingerprint density at radius 3 is 2.89 bits per heavy atom. The number of nitrogens with one attached hydrogen (secondary N) is 1. The number of carbonyl (C=O) groups is 1. The fourth-order valence-electron chi connectivity index (χ4n) is 2.50. The summed E-state index contributed by atoms with van der Waals surface area (Å²) < 4.78 is 2.32. The van der Waals surface area contributed by atoms with Gasteiger partial charge < -0.3 is 5.32 Å². The fourth-order valence-corrected chi connectivity index (χ4v) is 2.50. The van der Waals surface area contributed by atoms with Gasteiger partial charge in [0.2, 0.25) is 5.91 Å². The zero-order valence-corrected chi connectivity index (χ0v) is 13.9. The lowest BCUT2D eigenvalue weighted by molar-refractivity contribution is -0.384. The Labute approximate surface area is 151 Å². The molecule has 11 nitrogen and oxygen atoms in total. The third-order valence-electron chi connectivity index (χ3n) is 3.73. The Kier molecular flexibility index (Phi) is 4.89. The summed E-state index contributed by atoms with van der Waals surface area (Å²) in [6, 6.07) is 7.87. The van der Waals surface area contributed by atoms with Crippen molar-refractivity contribution in [1.82, 2.24) is 24.6 Å². The van der Waals surface area contributed by atoms with Crippen molar-refractivity contribution in [3.63, 3.8) is 0 Å². The molecule has 136 valence electrons. The monoisotopic (exact) mass is 367 g/mol. The predicted molar refractivity (Wildman–Crippen MR) is 93.0 cm³/mol. The molecule has 3 aromatic rings. The van der Waals surface area contributed by atoms with Crippen molar-refractivity contribution in [3.05, 3.63) is 57.3 Å². The van der Waals surface area contributed by atoms with Crippen LogP contribution in [-0.2, 0) is 11.3 Å². The van der Waals surface area contributed by atoms with Crippen molar-refractivity contribution < 1.29 is 9.72 Å². The topological polar surface area (TPSA) is 149 Å². The molecular formula is C16H13N7O4. The molecule has 0 aliphatic heterocycles. The van der Waals surface area contributed by atoms with Gasteiger partial charge in [-0.15, -0.1) is 0 Å². The summed E-state index contributed by atoms with van der Waals surface area (Å²) in [6.45, 7) is -0.0702. The van der Waals surface area contributed by atoms with Crippen molar-refractivity contribution in [1.29, 1.82) is 5.26 Å². The highest BCUT2D eigenvalue weighted by atomic mass is 16.6. The molecule has 1 N–H and O–H groups in total. The average molecular weight is 367 g/mol. The Bertz CT molecular complexity index is 1130. The molecule has 3 rings (SSSR count). The van der Waals surface area contributed by atoms with Gasteiger partial charge in [-0.05, 0) is 6.07 Å². The number of benzene rings is 1. The largest absolute Gasteiger partial charge is 0.354 e. The second-order valence-corrected chi connectivity index (χ2v) is 5.48. The van der Waals surface area contributed by atoms with E-state index in [1.54, 1.807) is 6.07 Å². The Morgan fingerprint density at radius 1 is 1.37 bits per heavy atom. The standard InChI is InChI=1S/C16H13N7O4/c17-6-3-7-18-14(24)9-21-10-19-15-11(16(21)25)8-20-22(15)12-4-1-2-5-13(12)23(26)27/h1-2,4-5,8,10H,3,7,9H2,(H,18,24). The Hall–Kier alpha value is -4.07. The first-order valence-corrected chi connectivity index (χ1v) is 7.83. The molecule has 0 aliphatic rings. The highest BCUT2D eigenvalue weighted by Gasteiger charge is 2.19. The summed E-state index contributed by atoms with van der Waals surface area (Å²) in [6.07, 6.45) is 2.60. The summed E-state index contributed by atoms with van der Waals surface area (Å²) in [7, 11) is 0. The molecule has 0 unspecified atom stereocenters. The van der Waals surface area contributed by atoms with E-state index in [0.717, 1.165) is 4.57 Å². The molecule has 0 bridgehead atoms. The maximum atomic E-state index is 12.6. The van der Waals surface area contributed by atoms with Gasteiger partial charge in [0.1, 0.15) is 23.9 Å². The molecule has 2 heterocycles. The van der Waals surface area contributed by atoms with E-state index >= 15 is 0 Å². The average Bonchev–Trinajstić information content (AvgIpc) is 3.09. The van der Waals surface area contributed by atoms with Crippen molar-refractivity contribution in [2.45, 2.75) is 13.0 Å². The van der Waals surface area contributed by atoms with Crippen LogP contribution in [0.5, 0.6) is 0 Å². The molecule has 0 saturated carbocycles. The highest BCUT2D eigenvalue weighted by Crippen LogP contribution is 2.23. The first-order valence-electron chi connectivity index (χ1n) is 7.83. The van der Waals surface area contributed by atoms with Crippen LogP contribution in [0.15, 0.2) is 41.6 Å². The summed E-state index contributed by atoms with van der Waals surface area (Å²) in [5.41, 5.74) is -0.350. The number of carbonyl (C=O) groups excluding carboxylic acids is 1. The maximum Gasteiger partial charge on any atom is 0.294 e. The molecule has 0 radical (unpaired) electrons. The van der Waals surface area contributed by atoms with Gasteiger partial charge in [0.15, 0.2) is 5.65 Å². The summed E-state index contributed by atoms with van der Waals surface area (Å²) >= 11 is 0. The predicted octanol–water partition coefficient (Wildman–Crippen LogP) is 0.520. The minimum absolute atomic E-state index is 0.125. The van der Waals surface area contributed by atoms with Crippen molar-refractivity contribution in [3.8, 4) is 11.8 Å². The molecule has 11 heteroatoms. The van der Waals surface area contributed by atoms with Crippen LogP contribution >= 0.6 is 0 Å². The molecule has 0 aliphatic carbocycles. The van der Waals surface area contributed by atoms with Crippen molar-refractivity contribution >= 4 is 22.6 Å². The smallest absolute Gasteiger partial charge is 0.294 e. The van der Waals surface area contributed by atoms with Gasteiger partial charge in [-0.3, -0.25) is 24.3 Å². The summed E-state index contributed by atoms with van der Waals surface area (Å²) in [5, 5.41) is 26.4. The molecule has 0 saturated heterocycles. The first kappa shape index (κ1) is 17.7. The number of aromatic nitrogens is 4.